The smallest absolute Gasteiger partial charge is 0.291 e. The van der Waals surface area contributed by atoms with Crippen LogP contribution < -0.4 is 4.74 Å². The van der Waals surface area contributed by atoms with Crippen molar-refractivity contribution in [1.29, 1.82) is 0 Å². The average Bonchev–Trinajstić information content (AvgIpc) is 2.60. The van der Waals surface area contributed by atoms with Crippen LogP contribution in [0.1, 0.15) is 29.0 Å². The number of nitrogens with zero attached hydrogens (tertiary/aromatic N) is 3. The summed E-state index contributed by atoms with van der Waals surface area (Å²) >= 11 is 0. The standard InChI is InChI=1S/C18H21N3O3/c1-14-5-2-6-15(11-14)24-13-18(23)7-3-10-21(12-18)17(22)16-19-8-4-9-20-16/h2,4-6,8-9,11,23H,3,7,10,12-13H2,1H3. The summed E-state index contributed by atoms with van der Waals surface area (Å²) in [6.45, 7) is 2.94. The van der Waals surface area contributed by atoms with Crippen molar-refractivity contribution in [2.75, 3.05) is 19.7 Å². The number of rotatable bonds is 4. The minimum Gasteiger partial charge on any atom is -0.491 e. The molecule has 1 aliphatic rings. The minimum absolute atomic E-state index is 0.149. The van der Waals surface area contributed by atoms with E-state index in [0.29, 0.717) is 19.4 Å². The molecule has 2 aromatic rings. The number of β-amino-alcohol motifs (C(OH)–C–C–N with tert-alkyl or cyclic N) is 1. The maximum absolute atomic E-state index is 12.5. The van der Waals surface area contributed by atoms with Gasteiger partial charge in [0.2, 0.25) is 5.82 Å². The lowest BCUT2D eigenvalue weighted by atomic mass is 9.93. The summed E-state index contributed by atoms with van der Waals surface area (Å²) in [5.41, 5.74) is 0.0352. The van der Waals surface area contributed by atoms with Gasteiger partial charge in [0.05, 0.1) is 6.54 Å². The Balaban J connectivity index is 1.64. The maximum Gasteiger partial charge on any atom is 0.291 e. The number of aliphatic hydroxyl groups is 1. The molecule has 1 N–H and O–H groups in total. The molecule has 1 amide bonds. The molecule has 0 radical (unpaired) electrons. The first kappa shape index (κ1) is 16.4. The van der Waals surface area contributed by atoms with Crippen LogP contribution in [-0.2, 0) is 0 Å². The van der Waals surface area contributed by atoms with Crippen LogP contribution in [0, 0.1) is 6.92 Å². The number of piperidine rings is 1. The Morgan fingerprint density at radius 3 is 2.88 bits per heavy atom. The molecule has 1 fully saturated rings. The van der Waals surface area contributed by atoms with E-state index in [2.05, 4.69) is 9.97 Å². The van der Waals surface area contributed by atoms with Crippen LogP contribution in [0.25, 0.3) is 0 Å². The Bertz CT molecular complexity index is 708. The van der Waals surface area contributed by atoms with Gasteiger partial charge in [-0.15, -0.1) is 0 Å². The van der Waals surface area contributed by atoms with Crippen molar-refractivity contribution in [3.8, 4) is 5.75 Å². The first-order chi connectivity index (χ1) is 11.6. The Hall–Kier alpha value is -2.47. The molecule has 1 unspecified atom stereocenters. The molecule has 1 aliphatic heterocycles. The summed E-state index contributed by atoms with van der Waals surface area (Å²) in [6.07, 6.45) is 4.39. The van der Waals surface area contributed by atoms with E-state index >= 15 is 0 Å². The molecule has 6 nitrogen and oxygen atoms in total. The minimum atomic E-state index is -1.06. The monoisotopic (exact) mass is 327 g/mol. The summed E-state index contributed by atoms with van der Waals surface area (Å²) in [5.74, 6) is 0.615. The molecule has 24 heavy (non-hydrogen) atoms. The molecule has 1 aromatic heterocycles. The van der Waals surface area contributed by atoms with E-state index in [1.807, 2.05) is 31.2 Å². The molecule has 0 bridgehead atoms. The van der Waals surface area contributed by atoms with Crippen LogP contribution in [0.5, 0.6) is 5.75 Å². The fourth-order valence-corrected chi connectivity index (χ4v) is 2.88. The second-order valence-corrected chi connectivity index (χ2v) is 6.23. The highest BCUT2D eigenvalue weighted by Crippen LogP contribution is 2.24. The largest absolute Gasteiger partial charge is 0.491 e. The van der Waals surface area contributed by atoms with Crippen LogP contribution in [0.3, 0.4) is 0 Å². The van der Waals surface area contributed by atoms with Gasteiger partial charge >= 0.3 is 0 Å². The van der Waals surface area contributed by atoms with Gasteiger partial charge in [-0.2, -0.15) is 0 Å². The summed E-state index contributed by atoms with van der Waals surface area (Å²) < 4.78 is 5.74. The quantitative estimate of drug-likeness (QED) is 0.927. The van der Waals surface area contributed by atoms with Gasteiger partial charge < -0.3 is 14.7 Å². The Labute approximate surface area is 141 Å². The van der Waals surface area contributed by atoms with E-state index in [-0.39, 0.29) is 24.9 Å². The highest BCUT2D eigenvalue weighted by Gasteiger charge is 2.37. The third kappa shape index (κ3) is 3.89. The molecule has 126 valence electrons. The fourth-order valence-electron chi connectivity index (χ4n) is 2.88. The number of hydrogen-bond donors (Lipinski definition) is 1. The molecule has 6 heteroatoms. The van der Waals surface area contributed by atoms with Gasteiger partial charge in [0.1, 0.15) is 18.0 Å². The molecular formula is C18H21N3O3. The van der Waals surface area contributed by atoms with Gasteiger partial charge in [-0.05, 0) is 43.5 Å². The lowest BCUT2D eigenvalue weighted by Gasteiger charge is -2.38. The van der Waals surface area contributed by atoms with Crippen LogP contribution in [0.15, 0.2) is 42.7 Å². The van der Waals surface area contributed by atoms with Gasteiger partial charge in [0.15, 0.2) is 0 Å². The lowest BCUT2D eigenvalue weighted by molar-refractivity contribution is -0.0534. The van der Waals surface area contributed by atoms with Crippen LogP contribution in [0.2, 0.25) is 0 Å². The second-order valence-electron chi connectivity index (χ2n) is 6.23. The average molecular weight is 327 g/mol. The molecule has 2 heterocycles. The van der Waals surface area contributed by atoms with Crippen molar-refractivity contribution in [3.63, 3.8) is 0 Å². The highest BCUT2D eigenvalue weighted by molar-refractivity contribution is 5.90. The second kappa shape index (κ2) is 6.97. The van der Waals surface area contributed by atoms with Crippen molar-refractivity contribution in [3.05, 3.63) is 54.1 Å². The number of likely N-dealkylation sites (tertiary alicyclic amines) is 1. The number of aromatic nitrogens is 2. The maximum atomic E-state index is 12.5. The van der Waals surface area contributed by atoms with Gasteiger partial charge in [-0.1, -0.05) is 12.1 Å². The molecule has 1 atom stereocenters. The van der Waals surface area contributed by atoms with Gasteiger partial charge in [-0.3, -0.25) is 4.79 Å². The molecule has 1 saturated heterocycles. The summed E-state index contributed by atoms with van der Waals surface area (Å²) in [7, 11) is 0. The number of benzene rings is 1. The SMILES string of the molecule is Cc1cccc(OCC2(O)CCCN(C(=O)c3ncccn3)C2)c1. The van der Waals surface area contributed by atoms with E-state index in [9.17, 15) is 9.90 Å². The van der Waals surface area contributed by atoms with Crippen LogP contribution in [-0.4, -0.2) is 51.2 Å². The number of ether oxygens (including phenoxy) is 1. The van der Waals surface area contributed by atoms with E-state index in [4.69, 9.17) is 4.74 Å². The zero-order valence-corrected chi connectivity index (χ0v) is 13.7. The number of amides is 1. The van der Waals surface area contributed by atoms with Crippen molar-refractivity contribution >= 4 is 5.91 Å². The van der Waals surface area contributed by atoms with Crippen molar-refractivity contribution < 1.29 is 14.6 Å². The van der Waals surface area contributed by atoms with Gasteiger partial charge in [0, 0.05) is 18.9 Å². The number of carbonyl (C=O) groups excluding carboxylic acids is 1. The van der Waals surface area contributed by atoms with Crippen LogP contribution in [0.4, 0.5) is 0 Å². The third-order valence-electron chi connectivity index (χ3n) is 4.10. The zero-order chi connectivity index (χ0) is 17.0. The fraction of sp³-hybridized carbons (Fsp3) is 0.389. The van der Waals surface area contributed by atoms with E-state index in [1.54, 1.807) is 11.0 Å². The molecular weight excluding hydrogens is 306 g/mol. The molecule has 1 aromatic carbocycles. The zero-order valence-electron chi connectivity index (χ0n) is 13.7. The Morgan fingerprint density at radius 2 is 2.12 bits per heavy atom. The highest BCUT2D eigenvalue weighted by atomic mass is 16.5. The van der Waals surface area contributed by atoms with E-state index < -0.39 is 5.60 Å². The third-order valence-corrected chi connectivity index (χ3v) is 4.10. The van der Waals surface area contributed by atoms with Crippen molar-refractivity contribution in [2.24, 2.45) is 0 Å². The first-order valence-electron chi connectivity index (χ1n) is 8.04. The van der Waals surface area contributed by atoms with E-state index in [1.165, 1.54) is 12.4 Å². The van der Waals surface area contributed by atoms with Crippen LogP contribution >= 0.6 is 0 Å². The van der Waals surface area contributed by atoms with Crippen molar-refractivity contribution in [2.45, 2.75) is 25.4 Å². The number of carbonyl (C=O) groups is 1. The van der Waals surface area contributed by atoms with E-state index in [0.717, 1.165) is 11.3 Å². The predicted molar refractivity (Wildman–Crippen MR) is 88.8 cm³/mol. The lowest BCUT2D eigenvalue weighted by Crippen LogP contribution is -2.53. The summed E-state index contributed by atoms with van der Waals surface area (Å²) in [6, 6.07) is 9.35. The number of aryl methyl sites for hydroxylation is 1. The summed E-state index contributed by atoms with van der Waals surface area (Å²) in [5, 5.41) is 10.8. The first-order valence-corrected chi connectivity index (χ1v) is 8.04. The van der Waals surface area contributed by atoms with Gasteiger partial charge in [-0.25, -0.2) is 9.97 Å². The van der Waals surface area contributed by atoms with Gasteiger partial charge in [0.25, 0.3) is 5.91 Å². The Morgan fingerprint density at radius 1 is 1.33 bits per heavy atom. The summed E-state index contributed by atoms with van der Waals surface area (Å²) in [4.78, 5) is 22.0. The molecule has 0 spiro atoms. The predicted octanol–water partition coefficient (Wildman–Crippen LogP) is 1.83. The number of hydrogen-bond acceptors (Lipinski definition) is 5. The topological polar surface area (TPSA) is 75.6 Å². The van der Waals surface area contributed by atoms with Crippen molar-refractivity contribution in [1.82, 2.24) is 14.9 Å². The normalized spacial score (nSPS) is 20.7. The molecule has 0 saturated carbocycles. The molecule has 0 aliphatic carbocycles. The Kier molecular flexibility index (Phi) is 4.76. The molecule has 3 rings (SSSR count).